The highest BCUT2D eigenvalue weighted by molar-refractivity contribution is 7.14. The fraction of sp³-hybridized carbons (Fsp3) is 0.444. The molecule has 0 saturated carbocycles. The quantitative estimate of drug-likeness (QED) is 0.141. The van der Waals surface area contributed by atoms with Crippen molar-refractivity contribution in [1.82, 2.24) is 20.5 Å². The monoisotopic (exact) mass is 756 g/mol. The summed E-state index contributed by atoms with van der Waals surface area (Å²) in [6, 6.07) is 3.55. The lowest BCUT2D eigenvalue weighted by molar-refractivity contribution is -0.136. The SMILES string of the molecule is O=C(COc1c(-c2csc(N3CCOCC3)n2)ccc(F)c1F)NCCCCCCCCNc1cc2c(cc1F)C(=O)N(C1CCC(=O)NC1=O)C2=O. The van der Waals surface area contributed by atoms with E-state index in [9.17, 15) is 37.1 Å². The van der Waals surface area contributed by atoms with E-state index >= 15 is 0 Å². The Hall–Kier alpha value is -5.03. The first-order chi connectivity index (χ1) is 25.6. The molecule has 0 aliphatic carbocycles. The van der Waals surface area contributed by atoms with Crippen molar-refractivity contribution in [1.29, 1.82) is 0 Å². The van der Waals surface area contributed by atoms with Gasteiger partial charge in [-0.05, 0) is 43.5 Å². The number of nitrogens with one attached hydrogen (secondary N) is 3. The number of amides is 5. The number of hydrogen-bond donors (Lipinski definition) is 3. The molecule has 0 spiro atoms. The number of imide groups is 2. The molecule has 6 rings (SSSR count). The summed E-state index contributed by atoms with van der Waals surface area (Å²) in [4.78, 5) is 69.5. The highest BCUT2D eigenvalue weighted by Crippen LogP contribution is 2.37. The highest BCUT2D eigenvalue weighted by Gasteiger charge is 2.45. The van der Waals surface area contributed by atoms with Crippen molar-refractivity contribution in [3.8, 4) is 17.0 Å². The van der Waals surface area contributed by atoms with Crippen molar-refractivity contribution in [2.24, 2.45) is 0 Å². The largest absolute Gasteiger partial charge is 0.480 e. The molecule has 282 valence electrons. The molecule has 17 heteroatoms. The summed E-state index contributed by atoms with van der Waals surface area (Å²) >= 11 is 1.38. The maximum absolute atomic E-state index is 14.8. The number of aromatic nitrogens is 1. The normalized spacial score (nSPS) is 17.2. The second-order valence-corrected chi connectivity index (χ2v) is 13.7. The van der Waals surface area contributed by atoms with Gasteiger partial charge in [-0.1, -0.05) is 25.7 Å². The number of piperidine rings is 1. The molecular weight excluding hydrogens is 717 g/mol. The number of fused-ring (bicyclic) bond motifs is 1. The number of thiazole rings is 1. The Bertz CT molecular complexity index is 1890. The summed E-state index contributed by atoms with van der Waals surface area (Å²) in [5.74, 6) is -6.48. The van der Waals surface area contributed by atoms with Crippen LogP contribution in [0.4, 0.5) is 24.0 Å². The predicted molar refractivity (Wildman–Crippen MR) is 188 cm³/mol. The standard InChI is InChI=1S/C36H39F3N6O7S/c37-24-8-7-21(27-20-53-36(42-27)44-13-15-51-16-14-44)32(31(24)39)52-19-30(47)41-12-6-4-2-1-3-5-11-40-26-18-23-22(17-25(26)38)34(49)45(35(23)50)28-9-10-29(46)43-33(28)48/h7-8,17-18,20,28,40H,1-6,9-16,19H2,(H,41,47)(H,43,46,48). The number of carbonyl (C=O) groups is 5. The average molecular weight is 757 g/mol. The summed E-state index contributed by atoms with van der Waals surface area (Å²) in [5.41, 5.74) is 0.636. The fourth-order valence-electron chi connectivity index (χ4n) is 6.39. The first-order valence-electron chi connectivity index (χ1n) is 17.6. The van der Waals surface area contributed by atoms with Crippen LogP contribution in [0.5, 0.6) is 5.75 Å². The predicted octanol–water partition coefficient (Wildman–Crippen LogP) is 4.41. The van der Waals surface area contributed by atoms with Crippen LogP contribution in [-0.4, -0.2) is 91.5 Å². The zero-order valence-electron chi connectivity index (χ0n) is 28.8. The average Bonchev–Trinajstić information content (AvgIpc) is 3.73. The molecule has 0 radical (unpaired) electrons. The first-order valence-corrected chi connectivity index (χ1v) is 18.5. The zero-order chi connectivity index (χ0) is 37.5. The van der Waals surface area contributed by atoms with Gasteiger partial charge < -0.3 is 25.0 Å². The first kappa shape index (κ1) is 37.7. The van der Waals surface area contributed by atoms with Gasteiger partial charge in [0.15, 0.2) is 23.3 Å². The van der Waals surface area contributed by atoms with Crippen LogP contribution < -0.4 is 25.6 Å². The van der Waals surface area contributed by atoms with Crippen LogP contribution in [0.15, 0.2) is 29.6 Å². The van der Waals surface area contributed by atoms with Crippen molar-refractivity contribution in [3.05, 3.63) is 58.2 Å². The maximum atomic E-state index is 14.8. The van der Waals surface area contributed by atoms with Gasteiger partial charge in [0, 0.05) is 43.5 Å². The van der Waals surface area contributed by atoms with Crippen molar-refractivity contribution < 1.29 is 46.6 Å². The molecule has 3 N–H and O–H groups in total. The lowest BCUT2D eigenvalue weighted by Crippen LogP contribution is -2.54. The summed E-state index contributed by atoms with van der Waals surface area (Å²) in [7, 11) is 0. The third-order valence-electron chi connectivity index (χ3n) is 9.22. The zero-order valence-corrected chi connectivity index (χ0v) is 29.6. The fourth-order valence-corrected chi connectivity index (χ4v) is 7.26. The van der Waals surface area contributed by atoms with Crippen LogP contribution in [0.25, 0.3) is 11.3 Å². The molecule has 0 bridgehead atoms. The van der Waals surface area contributed by atoms with Gasteiger partial charge in [0.05, 0.1) is 35.7 Å². The number of carbonyl (C=O) groups excluding carboxylic acids is 5. The number of unbranched alkanes of at least 4 members (excludes halogenated alkanes) is 5. The third-order valence-corrected chi connectivity index (χ3v) is 10.1. The summed E-state index contributed by atoms with van der Waals surface area (Å²) < 4.78 is 54.6. The van der Waals surface area contributed by atoms with E-state index in [0.717, 1.165) is 47.8 Å². The smallest absolute Gasteiger partial charge is 0.262 e. The Morgan fingerprint density at radius 2 is 1.62 bits per heavy atom. The molecule has 2 aromatic carbocycles. The Morgan fingerprint density at radius 3 is 2.36 bits per heavy atom. The summed E-state index contributed by atoms with van der Waals surface area (Å²) in [6.45, 7) is 2.84. The van der Waals surface area contributed by atoms with E-state index in [-0.39, 0.29) is 41.0 Å². The van der Waals surface area contributed by atoms with Crippen LogP contribution >= 0.6 is 11.3 Å². The van der Waals surface area contributed by atoms with Gasteiger partial charge in [0.2, 0.25) is 17.6 Å². The molecule has 13 nitrogen and oxygen atoms in total. The maximum Gasteiger partial charge on any atom is 0.262 e. The number of morpholine rings is 1. The highest BCUT2D eigenvalue weighted by atomic mass is 32.1. The van der Waals surface area contributed by atoms with Gasteiger partial charge in [0.1, 0.15) is 11.9 Å². The van der Waals surface area contributed by atoms with E-state index in [1.165, 1.54) is 23.5 Å². The van der Waals surface area contributed by atoms with Gasteiger partial charge in [-0.3, -0.25) is 34.2 Å². The second-order valence-electron chi connectivity index (χ2n) is 12.9. The number of halogens is 3. The molecule has 53 heavy (non-hydrogen) atoms. The topological polar surface area (TPSA) is 159 Å². The number of hydrogen-bond acceptors (Lipinski definition) is 11. The van der Waals surface area contributed by atoms with Gasteiger partial charge in [0.25, 0.3) is 17.7 Å². The minimum absolute atomic E-state index is 0.00183. The van der Waals surface area contributed by atoms with Gasteiger partial charge in [-0.15, -0.1) is 11.3 Å². The Balaban J connectivity index is 0.869. The molecule has 2 saturated heterocycles. The van der Waals surface area contributed by atoms with Crippen molar-refractivity contribution >= 4 is 51.7 Å². The molecule has 1 unspecified atom stereocenters. The molecule has 5 amide bonds. The third kappa shape index (κ3) is 8.79. The van der Waals surface area contributed by atoms with E-state index < -0.39 is 59.6 Å². The number of benzene rings is 2. The van der Waals surface area contributed by atoms with Crippen LogP contribution in [0.3, 0.4) is 0 Å². The van der Waals surface area contributed by atoms with Crippen LogP contribution in [-0.2, 0) is 19.1 Å². The molecule has 3 aliphatic heterocycles. The summed E-state index contributed by atoms with van der Waals surface area (Å²) in [6.07, 6.45) is 4.90. The van der Waals surface area contributed by atoms with Crippen molar-refractivity contribution in [3.63, 3.8) is 0 Å². The van der Waals surface area contributed by atoms with Crippen LogP contribution in [0.1, 0.15) is 72.1 Å². The minimum Gasteiger partial charge on any atom is -0.480 e. The van der Waals surface area contributed by atoms with E-state index in [4.69, 9.17) is 9.47 Å². The van der Waals surface area contributed by atoms with Crippen molar-refractivity contribution in [2.45, 2.75) is 57.4 Å². The number of ether oxygens (including phenoxy) is 2. The van der Waals surface area contributed by atoms with E-state index in [2.05, 4.69) is 25.8 Å². The van der Waals surface area contributed by atoms with Crippen molar-refractivity contribution in [2.75, 3.05) is 56.2 Å². The van der Waals surface area contributed by atoms with Crippen LogP contribution in [0.2, 0.25) is 0 Å². The Kier molecular flexibility index (Phi) is 12.2. The van der Waals surface area contributed by atoms with E-state index in [1.807, 2.05) is 0 Å². The molecule has 3 aromatic rings. The number of rotatable bonds is 16. The molecule has 3 aliphatic rings. The van der Waals surface area contributed by atoms with E-state index in [1.54, 1.807) is 5.38 Å². The summed E-state index contributed by atoms with van der Waals surface area (Å²) in [5, 5.41) is 10.3. The molecule has 1 aromatic heterocycles. The molecule has 2 fully saturated rings. The number of anilines is 2. The van der Waals surface area contributed by atoms with E-state index in [0.29, 0.717) is 57.9 Å². The Labute approximate surface area is 307 Å². The minimum atomic E-state index is -1.19. The van der Waals surface area contributed by atoms with Gasteiger partial charge in [-0.2, -0.15) is 4.39 Å². The van der Waals surface area contributed by atoms with Gasteiger partial charge in [-0.25, -0.2) is 13.8 Å². The Morgan fingerprint density at radius 1 is 0.925 bits per heavy atom. The second kappa shape index (κ2) is 17.2. The van der Waals surface area contributed by atoms with Gasteiger partial charge >= 0.3 is 0 Å². The lowest BCUT2D eigenvalue weighted by atomic mass is 10.0. The molecular formula is C36H39F3N6O7S. The van der Waals surface area contributed by atoms with Crippen LogP contribution in [0, 0.1) is 17.5 Å². The molecule has 1 atom stereocenters. The molecule has 4 heterocycles. The number of nitrogens with zero attached hydrogens (tertiary/aromatic N) is 3. The lowest BCUT2D eigenvalue weighted by Gasteiger charge is -2.27.